The van der Waals surface area contributed by atoms with Crippen LogP contribution in [0.25, 0.3) is 16.9 Å². The van der Waals surface area contributed by atoms with Crippen LogP contribution < -0.4 is 5.32 Å². The first-order chi connectivity index (χ1) is 14.2. The van der Waals surface area contributed by atoms with E-state index in [4.69, 9.17) is 0 Å². The Balaban J connectivity index is 1.32. The standard InChI is InChI=1S/C21H19N5OS2/c1-15-4-2-3-5-18(15)26-11-10-23-21(26)29-14-19(27)24-12-20-25-17(13-28-20)16-6-8-22-9-7-16/h2-11,13H,12,14H2,1H3,(H,24,27). The van der Waals surface area contributed by atoms with Crippen molar-refractivity contribution in [2.75, 3.05) is 5.75 Å². The summed E-state index contributed by atoms with van der Waals surface area (Å²) in [5.41, 5.74) is 4.15. The van der Waals surface area contributed by atoms with Crippen LogP contribution in [0.4, 0.5) is 0 Å². The smallest absolute Gasteiger partial charge is 0.230 e. The summed E-state index contributed by atoms with van der Waals surface area (Å²) in [7, 11) is 0. The van der Waals surface area contributed by atoms with Gasteiger partial charge in [0.2, 0.25) is 5.91 Å². The number of carbonyl (C=O) groups excluding carboxylic acids is 1. The maximum Gasteiger partial charge on any atom is 0.230 e. The topological polar surface area (TPSA) is 72.7 Å². The molecule has 29 heavy (non-hydrogen) atoms. The van der Waals surface area contributed by atoms with Gasteiger partial charge in [-0.15, -0.1) is 11.3 Å². The maximum atomic E-state index is 12.3. The van der Waals surface area contributed by atoms with Crippen LogP contribution in [0.2, 0.25) is 0 Å². The lowest BCUT2D eigenvalue weighted by atomic mass is 10.2. The Morgan fingerprint density at radius 3 is 2.83 bits per heavy atom. The van der Waals surface area contributed by atoms with Gasteiger partial charge >= 0.3 is 0 Å². The van der Waals surface area contributed by atoms with Gasteiger partial charge < -0.3 is 5.32 Å². The van der Waals surface area contributed by atoms with Gasteiger partial charge in [0.15, 0.2) is 5.16 Å². The maximum absolute atomic E-state index is 12.3. The minimum Gasteiger partial charge on any atom is -0.349 e. The van der Waals surface area contributed by atoms with E-state index in [1.54, 1.807) is 18.6 Å². The van der Waals surface area contributed by atoms with E-state index in [1.165, 1.54) is 23.1 Å². The van der Waals surface area contributed by atoms with E-state index in [2.05, 4.69) is 33.3 Å². The van der Waals surface area contributed by atoms with Crippen LogP contribution in [-0.2, 0) is 11.3 Å². The molecule has 8 heteroatoms. The minimum atomic E-state index is -0.0463. The van der Waals surface area contributed by atoms with Crippen molar-refractivity contribution >= 4 is 29.0 Å². The first-order valence-corrected chi connectivity index (χ1v) is 10.9. The Bertz CT molecular complexity index is 1110. The predicted octanol–water partition coefficient (Wildman–Crippen LogP) is 4.11. The number of amides is 1. The highest BCUT2D eigenvalue weighted by molar-refractivity contribution is 7.99. The summed E-state index contributed by atoms with van der Waals surface area (Å²) < 4.78 is 2.01. The largest absolute Gasteiger partial charge is 0.349 e. The Hall–Kier alpha value is -2.97. The number of imidazole rings is 1. The molecule has 0 radical (unpaired) electrons. The van der Waals surface area contributed by atoms with Crippen molar-refractivity contribution in [3.63, 3.8) is 0 Å². The Morgan fingerprint density at radius 2 is 2.00 bits per heavy atom. The molecule has 146 valence electrons. The van der Waals surface area contributed by atoms with E-state index in [0.29, 0.717) is 12.3 Å². The third kappa shape index (κ3) is 4.72. The number of thioether (sulfide) groups is 1. The first-order valence-electron chi connectivity index (χ1n) is 9.04. The van der Waals surface area contributed by atoms with Crippen LogP contribution >= 0.6 is 23.1 Å². The van der Waals surface area contributed by atoms with Crippen LogP contribution in [0.5, 0.6) is 0 Å². The molecule has 0 bridgehead atoms. The summed E-state index contributed by atoms with van der Waals surface area (Å²) in [6, 6.07) is 12.0. The van der Waals surface area contributed by atoms with Crippen molar-refractivity contribution in [3.8, 4) is 16.9 Å². The highest BCUT2D eigenvalue weighted by Crippen LogP contribution is 2.23. The molecule has 0 aliphatic heterocycles. The average Bonchev–Trinajstić information content (AvgIpc) is 3.41. The molecule has 3 heterocycles. The van der Waals surface area contributed by atoms with Gasteiger partial charge in [0.25, 0.3) is 0 Å². The van der Waals surface area contributed by atoms with E-state index in [0.717, 1.165) is 32.7 Å². The third-order valence-electron chi connectivity index (χ3n) is 4.28. The van der Waals surface area contributed by atoms with Crippen molar-refractivity contribution in [2.45, 2.75) is 18.6 Å². The number of aryl methyl sites for hydroxylation is 1. The second kappa shape index (κ2) is 9.02. The van der Waals surface area contributed by atoms with Crippen LogP contribution in [0.3, 0.4) is 0 Å². The zero-order valence-electron chi connectivity index (χ0n) is 15.8. The molecule has 1 amide bonds. The van der Waals surface area contributed by atoms with Gasteiger partial charge in [-0.05, 0) is 30.7 Å². The van der Waals surface area contributed by atoms with E-state index in [9.17, 15) is 4.79 Å². The van der Waals surface area contributed by atoms with Gasteiger partial charge in [0.05, 0.1) is 23.7 Å². The van der Waals surface area contributed by atoms with Crippen LogP contribution in [0.1, 0.15) is 10.6 Å². The second-order valence-corrected chi connectivity index (χ2v) is 8.18. The highest BCUT2D eigenvalue weighted by atomic mass is 32.2. The van der Waals surface area contributed by atoms with Gasteiger partial charge in [0.1, 0.15) is 5.01 Å². The molecule has 0 aliphatic carbocycles. The molecule has 4 rings (SSSR count). The number of nitrogens with one attached hydrogen (secondary N) is 1. The molecule has 6 nitrogen and oxygen atoms in total. The molecule has 1 aromatic carbocycles. The number of pyridine rings is 1. The fourth-order valence-electron chi connectivity index (χ4n) is 2.82. The van der Waals surface area contributed by atoms with Crippen LogP contribution in [-0.4, -0.2) is 31.2 Å². The number of rotatable bonds is 7. The molecule has 0 atom stereocenters. The molecular weight excluding hydrogens is 402 g/mol. The zero-order chi connectivity index (χ0) is 20.1. The van der Waals surface area contributed by atoms with Gasteiger partial charge in [-0.25, -0.2) is 9.97 Å². The fraction of sp³-hybridized carbons (Fsp3) is 0.143. The molecule has 4 aromatic rings. The summed E-state index contributed by atoms with van der Waals surface area (Å²) in [6.45, 7) is 2.48. The molecule has 0 fully saturated rings. The monoisotopic (exact) mass is 421 g/mol. The number of benzene rings is 1. The summed E-state index contributed by atoms with van der Waals surface area (Å²) in [4.78, 5) is 25.3. The molecule has 0 saturated carbocycles. The quantitative estimate of drug-likeness (QED) is 0.455. The van der Waals surface area contributed by atoms with Crippen molar-refractivity contribution in [1.82, 2.24) is 24.8 Å². The first kappa shape index (κ1) is 19.4. The summed E-state index contributed by atoms with van der Waals surface area (Å²) >= 11 is 2.95. The predicted molar refractivity (Wildman–Crippen MR) is 116 cm³/mol. The number of carbonyl (C=O) groups is 1. The van der Waals surface area contributed by atoms with E-state index in [1.807, 2.05) is 46.5 Å². The summed E-state index contributed by atoms with van der Waals surface area (Å²) in [6.07, 6.45) is 7.16. The third-order valence-corrected chi connectivity index (χ3v) is 6.09. The van der Waals surface area contributed by atoms with E-state index < -0.39 is 0 Å². The molecule has 0 spiro atoms. The van der Waals surface area contributed by atoms with Crippen LogP contribution in [0, 0.1) is 6.92 Å². The minimum absolute atomic E-state index is 0.0463. The van der Waals surface area contributed by atoms with Crippen LogP contribution in [0.15, 0.2) is 71.7 Å². The van der Waals surface area contributed by atoms with Crippen molar-refractivity contribution in [3.05, 3.63) is 77.1 Å². The van der Waals surface area contributed by atoms with Gasteiger partial charge in [-0.1, -0.05) is 30.0 Å². The van der Waals surface area contributed by atoms with E-state index >= 15 is 0 Å². The molecule has 3 aromatic heterocycles. The molecule has 0 saturated heterocycles. The zero-order valence-corrected chi connectivity index (χ0v) is 17.4. The molecule has 0 aliphatic rings. The Labute approximate surface area is 177 Å². The lowest BCUT2D eigenvalue weighted by molar-refractivity contribution is -0.118. The number of thiazole rings is 1. The highest BCUT2D eigenvalue weighted by Gasteiger charge is 2.11. The van der Waals surface area contributed by atoms with Gasteiger partial charge in [0, 0.05) is 35.7 Å². The average molecular weight is 422 g/mol. The van der Waals surface area contributed by atoms with Gasteiger partial charge in [-0.2, -0.15) is 0 Å². The SMILES string of the molecule is Cc1ccccc1-n1ccnc1SCC(=O)NCc1nc(-c2ccncc2)cs1. The van der Waals surface area contributed by atoms with Crippen molar-refractivity contribution in [1.29, 1.82) is 0 Å². The second-order valence-electron chi connectivity index (χ2n) is 6.29. The number of nitrogens with zero attached hydrogens (tertiary/aromatic N) is 4. The number of hydrogen-bond acceptors (Lipinski definition) is 6. The normalized spacial score (nSPS) is 10.8. The molecular formula is C21H19N5OS2. The van der Waals surface area contributed by atoms with Crippen molar-refractivity contribution < 1.29 is 4.79 Å². The molecule has 0 unspecified atom stereocenters. The molecule has 1 N–H and O–H groups in total. The van der Waals surface area contributed by atoms with Gasteiger partial charge in [-0.3, -0.25) is 14.3 Å². The number of hydrogen-bond donors (Lipinski definition) is 1. The van der Waals surface area contributed by atoms with Crippen molar-refractivity contribution in [2.24, 2.45) is 0 Å². The Kier molecular flexibility index (Phi) is 6.02. The number of aromatic nitrogens is 4. The lowest BCUT2D eigenvalue weighted by Crippen LogP contribution is -2.24. The Morgan fingerprint density at radius 1 is 1.17 bits per heavy atom. The summed E-state index contributed by atoms with van der Waals surface area (Å²) in [5, 5.41) is 6.59. The fourth-order valence-corrected chi connectivity index (χ4v) is 4.36. The number of para-hydroxylation sites is 1. The van der Waals surface area contributed by atoms with E-state index in [-0.39, 0.29) is 5.91 Å². The lowest BCUT2D eigenvalue weighted by Gasteiger charge is -2.10. The summed E-state index contributed by atoms with van der Waals surface area (Å²) in [5.74, 6) is 0.251.